The van der Waals surface area contributed by atoms with Crippen molar-refractivity contribution in [3.8, 4) is 11.5 Å². The molecule has 3 N–H and O–H groups in total. The molecular formula is C41H47N3O8. The quantitative estimate of drug-likeness (QED) is 0.153. The zero-order chi connectivity index (χ0) is 36.6. The van der Waals surface area contributed by atoms with Crippen molar-refractivity contribution < 1.29 is 38.4 Å². The van der Waals surface area contributed by atoms with Gasteiger partial charge >= 0.3 is 12.0 Å². The number of ether oxygens (including phenoxy) is 5. The number of amides is 2. The highest BCUT2D eigenvalue weighted by atomic mass is 16.7. The van der Waals surface area contributed by atoms with Crippen molar-refractivity contribution >= 4 is 17.7 Å². The lowest BCUT2D eigenvalue weighted by atomic mass is 9.89. The molecule has 4 aromatic carbocycles. The molecule has 1 saturated heterocycles. The first-order valence-corrected chi connectivity index (χ1v) is 17.5. The maximum atomic E-state index is 13.0. The van der Waals surface area contributed by atoms with Gasteiger partial charge in [0.2, 0.25) is 0 Å². The maximum absolute atomic E-state index is 13.0. The number of carbonyl (C=O) groups excluding carboxylic acids is 2. The number of aliphatic hydroxyl groups is 1. The van der Waals surface area contributed by atoms with E-state index in [1.807, 2.05) is 66.7 Å². The van der Waals surface area contributed by atoms with E-state index in [0.717, 1.165) is 53.3 Å². The lowest BCUT2D eigenvalue weighted by Crippen LogP contribution is -2.45. The molecule has 1 fully saturated rings. The first-order valence-electron chi connectivity index (χ1n) is 17.5. The highest BCUT2D eigenvalue weighted by Gasteiger charge is 2.39. The summed E-state index contributed by atoms with van der Waals surface area (Å²) in [4.78, 5) is 27.8. The molecule has 0 saturated carbocycles. The third kappa shape index (κ3) is 8.74. The van der Waals surface area contributed by atoms with Crippen molar-refractivity contribution in [3.63, 3.8) is 0 Å². The fourth-order valence-electron chi connectivity index (χ4n) is 6.91. The smallest absolute Gasteiger partial charge is 0.328 e. The highest BCUT2D eigenvalue weighted by molar-refractivity contribution is 5.92. The normalized spacial score (nSPS) is 20.6. The van der Waals surface area contributed by atoms with Gasteiger partial charge in [0.1, 0.15) is 6.04 Å². The van der Waals surface area contributed by atoms with Gasteiger partial charge in [-0.05, 0) is 58.5 Å². The van der Waals surface area contributed by atoms with Crippen LogP contribution in [0.1, 0.15) is 52.7 Å². The molecule has 11 heteroatoms. The van der Waals surface area contributed by atoms with Gasteiger partial charge in [-0.25, -0.2) is 9.59 Å². The molecule has 6 rings (SSSR count). The average Bonchev–Trinajstić information content (AvgIpc) is 3.18. The Morgan fingerprint density at radius 3 is 2.19 bits per heavy atom. The average molecular weight is 710 g/mol. The van der Waals surface area contributed by atoms with Gasteiger partial charge in [-0.1, -0.05) is 73.7 Å². The zero-order valence-corrected chi connectivity index (χ0v) is 30.0. The van der Waals surface area contributed by atoms with Crippen molar-refractivity contribution in [2.24, 2.45) is 5.92 Å². The Morgan fingerprint density at radius 2 is 1.54 bits per heavy atom. The Balaban J connectivity index is 1.16. The first-order chi connectivity index (χ1) is 25.3. The summed E-state index contributed by atoms with van der Waals surface area (Å²) in [7, 11) is 4.61. The second-order valence-electron chi connectivity index (χ2n) is 13.3. The summed E-state index contributed by atoms with van der Waals surface area (Å²) in [5, 5.41) is 15.2. The van der Waals surface area contributed by atoms with Crippen LogP contribution in [0.3, 0.4) is 0 Å². The third-order valence-electron chi connectivity index (χ3n) is 9.87. The van der Waals surface area contributed by atoms with Crippen LogP contribution in [0.5, 0.6) is 11.5 Å². The molecule has 5 atom stereocenters. The number of hydrogen-bond acceptors (Lipinski definition) is 9. The molecule has 0 radical (unpaired) electrons. The highest BCUT2D eigenvalue weighted by Crippen LogP contribution is 2.42. The number of benzene rings is 4. The number of fused-ring (bicyclic) bond motifs is 1. The van der Waals surface area contributed by atoms with E-state index >= 15 is 0 Å². The van der Waals surface area contributed by atoms with E-state index in [-0.39, 0.29) is 24.7 Å². The molecule has 4 aromatic rings. The summed E-state index contributed by atoms with van der Waals surface area (Å²) in [6.45, 7) is 4.46. The monoisotopic (exact) mass is 709 g/mol. The van der Waals surface area contributed by atoms with Crippen LogP contribution in [-0.4, -0.2) is 68.6 Å². The number of esters is 1. The van der Waals surface area contributed by atoms with Crippen LogP contribution in [0.15, 0.2) is 91.0 Å². The van der Waals surface area contributed by atoms with Gasteiger partial charge in [0, 0.05) is 43.2 Å². The van der Waals surface area contributed by atoms with Gasteiger partial charge in [-0.2, -0.15) is 0 Å². The Bertz CT molecular complexity index is 1800. The minimum atomic E-state index is -0.851. The Hall–Kier alpha value is -4.94. The van der Waals surface area contributed by atoms with Crippen LogP contribution < -0.4 is 20.1 Å². The Labute approximate surface area is 304 Å². The lowest BCUT2D eigenvalue weighted by Gasteiger charge is -2.43. The van der Waals surface area contributed by atoms with Crippen molar-refractivity contribution in [2.45, 2.75) is 57.5 Å². The van der Waals surface area contributed by atoms with E-state index < -0.39 is 24.3 Å². The van der Waals surface area contributed by atoms with Gasteiger partial charge in [-0.3, -0.25) is 4.90 Å². The molecule has 0 unspecified atom stereocenters. The Kier molecular flexibility index (Phi) is 12.1. The summed E-state index contributed by atoms with van der Waals surface area (Å²) >= 11 is 0. The third-order valence-corrected chi connectivity index (χ3v) is 9.87. The number of nitrogens with zero attached hydrogens (tertiary/aromatic N) is 1. The van der Waals surface area contributed by atoms with E-state index in [4.69, 9.17) is 23.7 Å². The van der Waals surface area contributed by atoms with Crippen molar-refractivity contribution in [1.29, 1.82) is 0 Å². The van der Waals surface area contributed by atoms with Crippen LogP contribution in [0.4, 0.5) is 10.5 Å². The molecule has 2 amide bonds. The first kappa shape index (κ1) is 36.8. The predicted octanol–water partition coefficient (Wildman–Crippen LogP) is 5.95. The molecule has 0 aromatic heterocycles. The van der Waals surface area contributed by atoms with Crippen LogP contribution in [0.2, 0.25) is 0 Å². The van der Waals surface area contributed by atoms with Gasteiger partial charge in [0.15, 0.2) is 17.8 Å². The van der Waals surface area contributed by atoms with Crippen molar-refractivity contribution in [2.75, 3.05) is 39.7 Å². The van der Waals surface area contributed by atoms with E-state index in [0.29, 0.717) is 18.7 Å². The van der Waals surface area contributed by atoms with Gasteiger partial charge in [0.05, 0.1) is 40.1 Å². The fraction of sp³-hybridized carbons (Fsp3) is 0.366. The van der Waals surface area contributed by atoms with Crippen LogP contribution in [0.25, 0.3) is 0 Å². The number of aliphatic hydroxyl groups excluding tert-OH is 1. The summed E-state index contributed by atoms with van der Waals surface area (Å²) in [6.07, 6.45) is 0.0970. The molecule has 0 spiro atoms. The topological polar surface area (TPSA) is 128 Å². The number of methoxy groups -OCH3 is 3. The van der Waals surface area contributed by atoms with Gasteiger partial charge < -0.3 is 39.4 Å². The summed E-state index contributed by atoms with van der Waals surface area (Å²) in [5.74, 6) is 0.950. The van der Waals surface area contributed by atoms with Crippen LogP contribution in [0, 0.1) is 5.92 Å². The van der Waals surface area contributed by atoms with E-state index in [1.165, 1.54) is 18.2 Å². The molecule has 2 aliphatic rings. The largest absolute Gasteiger partial charge is 0.493 e. The van der Waals surface area contributed by atoms with Crippen LogP contribution in [-0.2, 0) is 45.0 Å². The molecule has 52 heavy (non-hydrogen) atoms. The molecule has 11 nitrogen and oxygen atoms in total. The minimum Gasteiger partial charge on any atom is -0.493 e. The van der Waals surface area contributed by atoms with E-state index in [2.05, 4.69) is 34.6 Å². The number of urea groups is 1. The molecule has 0 bridgehead atoms. The van der Waals surface area contributed by atoms with Crippen molar-refractivity contribution in [1.82, 2.24) is 10.2 Å². The van der Waals surface area contributed by atoms with E-state index in [9.17, 15) is 14.7 Å². The Morgan fingerprint density at radius 1 is 0.865 bits per heavy atom. The second-order valence-corrected chi connectivity index (χ2v) is 13.3. The molecule has 2 heterocycles. The molecule has 0 aliphatic carbocycles. The van der Waals surface area contributed by atoms with Gasteiger partial charge in [-0.15, -0.1) is 0 Å². The fourth-order valence-corrected chi connectivity index (χ4v) is 6.91. The summed E-state index contributed by atoms with van der Waals surface area (Å²) in [5.41, 5.74) is 6.56. The van der Waals surface area contributed by atoms with E-state index in [1.54, 1.807) is 26.4 Å². The van der Waals surface area contributed by atoms with Crippen LogP contribution >= 0.6 is 0 Å². The number of carbonyl (C=O) groups is 2. The number of hydrogen-bond donors (Lipinski definition) is 3. The minimum absolute atomic E-state index is 0.0197. The lowest BCUT2D eigenvalue weighted by molar-refractivity contribution is -0.276. The zero-order valence-electron chi connectivity index (χ0n) is 30.0. The number of nitrogens with one attached hydrogen (secondary N) is 2. The van der Waals surface area contributed by atoms with Crippen molar-refractivity contribution in [3.05, 3.63) is 124 Å². The predicted molar refractivity (Wildman–Crippen MR) is 196 cm³/mol. The molecular weight excluding hydrogens is 662 g/mol. The summed E-state index contributed by atoms with van der Waals surface area (Å²) < 4.78 is 29.4. The molecule has 274 valence electrons. The number of anilines is 1. The van der Waals surface area contributed by atoms with Gasteiger partial charge in [0.25, 0.3) is 0 Å². The summed E-state index contributed by atoms with van der Waals surface area (Å²) in [6, 6.07) is 27.4. The standard InChI is InChI=1S/C41H47N3O8/c1-26-37(24-44-19-18-31-21-35(48-2)36(49-3)22-32(31)23-44)51-40(52-38(26)29-12-10-28(25-45)11-13-29)30-14-16-33(17-15-30)42-41(47)43-34(39(46)50-4)20-27-8-6-5-7-9-27/h5-17,21-22,26,34,37-38,40,45H,18-20,23-25H2,1-4H3,(H2,42,43,47)/t26-,34+,37+,38+,40+/m1/s1. The number of rotatable bonds is 12. The molecule has 2 aliphatic heterocycles. The SMILES string of the molecule is COC(=O)[C@H](Cc1ccccc1)NC(=O)Nc1ccc([C@H]2O[C@@H](CN3CCc4cc(OC)c(OC)cc4C3)[C@@H](C)[C@@H](c3ccc(CO)cc3)O2)cc1. The maximum Gasteiger partial charge on any atom is 0.328 e. The second kappa shape index (κ2) is 17.1.